The molecular weight excluding hydrogens is 394 g/mol. The van der Waals surface area contributed by atoms with Crippen LogP contribution in [0.3, 0.4) is 0 Å². The number of nitrogens with zero attached hydrogens (tertiary/aromatic N) is 5. The van der Waals surface area contributed by atoms with E-state index in [4.69, 9.17) is 16.0 Å². The number of carbonyl (C=O) groups is 1. The molecule has 8 nitrogen and oxygen atoms in total. The molecule has 0 unspecified atom stereocenters. The molecular formula is C20H22ClN5O3. The van der Waals surface area contributed by atoms with Gasteiger partial charge in [-0.15, -0.1) is 10.2 Å². The lowest BCUT2D eigenvalue weighted by Gasteiger charge is -2.20. The number of amides is 1. The first-order valence-corrected chi connectivity index (χ1v) is 9.86. The Morgan fingerprint density at radius 2 is 1.93 bits per heavy atom. The third kappa shape index (κ3) is 4.89. The lowest BCUT2D eigenvalue weighted by Crippen LogP contribution is -2.34. The van der Waals surface area contributed by atoms with Crippen molar-refractivity contribution in [2.24, 2.45) is 0 Å². The number of carbonyl (C=O) groups excluding carboxylic acids is 1. The van der Waals surface area contributed by atoms with Gasteiger partial charge >= 0.3 is 0 Å². The predicted octanol–water partition coefficient (Wildman–Crippen LogP) is 3.41. The molecule has 0 N–H and O–H groups in total. The van der Waals surface area contributed by atoms with E-state index < -0.39 is 0 Å². The first kappa shape index (κ1) is 20.7. The Balaban J connectivity index is 1.82. The minimum atomic E-state index is -0.297. The van der Waals surface area contributed by atoms with Crippen molar-refractivity contribution in [2.75, 3.05) is 6.54 Å². The monoisotopic (exact) mass is 415 g/mol. The first-order valence-electron chi connectivity index (χ1n) is 9.48. The zero-order valence-electron chi connectivity index (χ0n) is 16.3. The average Bonchev–Trinajstić information content (AvgIpc) is 3.17. The van der Waals surface area contributed by atoms with Crippen LogP contribution >= 0.6 is 11.6 Å². The molecule has 0 aliphatic heterocycles. The zero-order valence-corrected chi connectivity index (χ0v) is 17.1. The summed E-state index contributed by atoms with van der Waals surface area (Å²) in [7, 11) is 0. The van der Waals surface area contributed by atoms with Crippen molar-refractivity contribution < 1.29 is 9.21 Å². The molecule has 2 aromatic heterocycles. The fourth-order valence-corrected chi connectivity index (χ4v) is 3.06. The molecule has 0 fully saturated rings. The second-order valence-electron chi connectivity index (χ2n) is 6.49. The summed E-state index contributed by atoms with van der Waals surface area (Å²) in [5.41, 5.74) is 0.610. The van der Waals surface area contributed by atoms with Crippen LogP contribution in [0, 0.1) is 0 Å². The highest BCUT2D eigenvalue weighted by molar-refractivity contribution is 6.33. The highest BCUT2D eigenvalue weighted by Crippen LogP contribution is 2.26. The average molecular weight is 416 g/mol. The number of benzene rings is 1. The molecule has 3 rings (SSSR count). The van der Waals surface area contributed by atoms with Crippen molar-refractivity contribution in [3.63, 3.8) is 0 Å². The highest BCUT2D eigenvalue weighted by Gasteiger charge is 2.21. The maximum Gasteiger partial charge on any atom is 0.274 e. The fraction of sp³-hybridized carbons (Fsp3) is 0.350. The number of hydrogen-bond acceptors (Lipinski definition) is 6. The molecule has 0 bridgehead atoms. The molecule has 9 heteroatoms. The van der Waals surface area contributed by atoms with Gasteiger partial charge < -0.3 is 9.32 Å². The van der Waals surface area contributed by atoms with Crippen molar-refractivity contribution >= 4 is 17.5 Å². The van der Waals surface area contributed by atoms with Crippen LogP contribution in [0.1, 0.15) is 43.1 Å². The van der Waals surface area contributed by atoms with Gasteiger partial charge in [0.25, 0.3) is 11.5 Å². The summed E-state index contributed by atoms with van der Waals surface area (Å²) < 4.78 is 7.02. The lowest BCUT2D eigenvalue weighted by atomic mass is 10.2. The van der Waals surface area contributed by atoms with Gasteiger partial charge in [-0.25, -0.2) is 4.68 Å². The Hall–Kier alpha value is -3.00. The molecule has 29 heavy (non-hydrogen) atoms. The van der Waals surface area contributed by atoms with Crippen LogP contribution in [0.4, 0.5) is 0 Å². The number of halogens is 1. The summed E-state index contributed by atoms with van der Waals surface area (Å²) in [6, 6.07) is 9.98. The van der Waals surface area contributed by atoms with Crippen LogP contribution in [0.5, 0.6) is 0 Å². The molecule has 152 valence electrons. The predicted molar refractivity (Wildman–Crippen MR) is 109 cm³/mol. The summed E-state index contributed by atoms with van der Waals surface area (Å²) >= 11 is 6.18. The van der Waals surface area contributed by atoms with E-state index in [1.807, 2.05) is 26.0 Å². The fourth-order valence-electron chi connectivity index (χ4n) is 2.84. The van der Waals surface area contributed by atoms with Gasteiger partial charge in [0.1, 0.15) is 5.69 Å². The van der Waals surface area contributed by atoms with Crippen molar-refractivity contribution in [1.82, 2.24) is 24.9 Å². The second kappa shape index (κ2) is 9.47. The van der Waals surface area contributed by atoms with Crippen molar-refractivity contribution in [3.05, 3.63) is 63.4 Å². The Labute approximate surface area is 173 Å². The van der Waals surface area contributed by atoms with Crippen LogP contribution in [0.15, 0.2) is 45.6 Å². The van der Waals surface area contributed by atoms with E-state index in [0.717, 1.165) is 12.8 Å². The summed E-state index contributed by atoms with van der Waals surface area (Å²) in [6.45, 7) is 4.99. The SMILES string of the molecule is CCCN(Cc1nnc(-c2ccccc2Cl)o1)C(=O)c1ccc(=O)n(CCC)n1. The maximum atomic E-state index is 13.0. The zero-order chi connectivity index (χ0) is 20.8. The van der Waals surface area contributed by atoms with Gasteiger partial charge in [-0.3, -0.25) is 9.59 Å². The Bertz CT molecular complexity index is 1050. The van der Waals surface area contributed by atoms with Gasteiger partial charge in [-0.05, 0) is 31.0 Å². The van der Waals surface area contributed by atoms with Crippen LogP contribution in [0.2, 0.25) is 5.02 Å². The molecule has 2 heterocycles. The minimum absolute atomic E-state index is 0.138. The topological polar surface area (TPSA) is 94.1 Å². The van der Waals surface area contributed by atoms with Gasteiger partial charge in [0.15, 0.2) is 0 Å². The van der Waals surface area contributed by atoms with Gasteiger partial charge in [0.2, 0.25) is 11.8 Å². The smallest absolute Gasteiger partial charge is 0.274 e. The van der Waals surface area contributed by atoms with E-state index >= 15 is 0 Å². The third-order valence-electron chi connectivity index (χ3n) is 4.20. The van der Waals surface area contributed by atoms with E-state index in [1.165, 1.54) is 16.8 Å². The second-order valence-corrected chi connectivity index (χ2v) is 6.89. The van der Waals surface area contributed by atoms with Crippen molar-refractivity contribution in [1.29, 1.82) is 0 Å². The number of aromatic nitrogens is 4. The molecule has 0 aliphatic rings. The largest absolute Gasteiger partial charge is 0.419 e. The summed E-state index contributed by atoms with van der Waals surface area (Å²) in [6.07, 6.45) is 1.49. The van der Waals surface area contributed by atoms with Crippen LogP contribution in [0.25, 0.3) is 11.5 Å². The molecule has 0 radical (unpaired) electrons. The van der Waals surface area contributed by atoms with E-state index in [2.05, 4.69) is 15.3 Å². The van der Waals surface area contributed by atoms with Gasteiger partial charge in [0.05, 0.1) is 17.1 Å². The van der Waals surface area contributed by atoms with E-state index in [0.29, 0.717) is 35.5 Å². The molecule has 1 amide bonds. The van der Waals surface area contributed by atoms with E-state index in [-0.39, 0.29) is 23.7 Å². The van der Waals surface area contributed by atoms with Gasteiger partial charge in [-0.1, -0.05) is 37.6 Å². The number of hydrogen-bond donors (Lipinski definition) is 0. The minimum Gasteiger partial charge on any atom is -0.419 e. The van der Waals surface area contributed by atoms with Crippen molar-refractivity contribution in [3.8, 4) is 11.5 Å². The van der Waals surface area contributed by atoms with Crippen LogP contribution < -0.4 is 5.56 Å². The highest BCUT2D eigenvalue weighted by atomic mass is 35.5. The molecule has 3 aromatic rings. The quantitative estimate of drug-likeness (QED) is 0.559. The Kier molecular flexibility index (Phi) is 6.77. The summed E-state index contributed by atoms with van der Waals surface area (Å²) in [4.78, 5) is 26.4. The number of rotatable bonds is 8. The van der Waals surface area contributed by atoms with Crippen molar-refractivity contribution in [2.45, 2.75) is 39.8 Å². The third-order valence-corrected chi connectivity index (χ3v) is 4.53. The van der Waals surface area contributed by atoms with Crippen LogP contribution in [-0.2, 0) is 13.1 Å². The standard InChI is InChI=1S/C20H22ClN5O3/c1-3-11-25(20(28)16-9-10-18(27)26(24-16)12-4-2)13-17-22-23-19(29-17)14-7-5-6-8-15(14)21/h5-10H,3-4,11-13H2,1-2H3. The molecule has 1 aromatic carbocycles. The van der Waals surface area contributed by atoms with E-state index in [9.17, 15) is 9.59 Å². The Morgan fingerprint density at radius 3 is 2.66 bits per heavy atom. The van der Waals surface area contributed by atoms with Gasteiger partial charge in [-0.2, -0.15) is 5.10 Å². The molecule has 0 spiro atoms. The summed E-state index contributed by atoms with van der Waals surface area (Å²) in [5.74, 6) is 0.293. The van der Waals surface area contributed by atoms with Gasteiger partial charge in [0, 0.05) is 19.2 Å². The Morgan fingerprint density at radius 1 is 1.14 bits per heavy atom. The number of aryl methyl sites for hydroxylation is 1. The normalized spacial score (nSPS) is 10.9. The summed E-state index contributed by atoms with van der Waals surface area (Å²) in [5, 5.41) is 12.8. The first-order chi connectivity index (χ1) is 14.0. The molecule has 0 saturated heterocycles. The molecule has 0 saturated carbocycles. The van der Waals surface area contributed by atoms with E-state index in [1.54, 1.807) is 17.0 Å². The lowest BCUT2D eigenvalue weighted by molar-refractivity contribution is 0.0719. The molecule has 0 aliphatic carbocycles. The maximum absolute atomic E-state index is 13.0. The van der Waals surface area contributed by atoms with Crippen LogP contribution in [-0.4, -0.2) is 37.3 Å². The molecule has 0 atom stereocenters.